The Morgan fingerprint density at radius 2 is 1.86 bits per heavy atom. The maximum Gasteiger partial charge on any atom is 0.416 e. The number of fused-ring (bicyclic) bond motifs is 1. The number of amides is 1. The van der Waals surface area contributed by atoms with Crippen LogP contribution in [0.15, 0.2) is 48.8 Å². The molecule has 270 valence electrons. The third-order valence-corrected chi connectivity index (χ3v) is 9.19. The van der Waals surface area contributed by atoms with Gasteiger partial charge >= 0.3 is 12.4 Å². The lowest BCUT2D eigenvalue weighted by atomic mass is 9.96. The van der Waals surface area contributed by atoms with E-state index in [1.807, 2.05) is 11.0 Å². The Hall–Kier alpha value is -5.01. The van der Waals surface area contributed by atoms with Crippen molar-refractivity contribution in [3.63, 3.8) is 0 Å². The molecule has 2 aromatic heterocycles. The van der Waals surface area contributed by atoms with Crippen LogP contribution in [-0.2, 0) is 32.5 Å². The minimum absolute atomic E-state index is 0. The molecule has 1 fully saturated rings. The van der Waals surface area contributed by atoms with E-state index in [-0.39, 0.29) is 73.2 Å². The fourth-order valence-corrected chi connectivity index (χ4v) is 6.70. The van der Waals surface area contributed by atoms with Crippen molar-refractivity contribution >= 4 is 17.5 Å². The highest BCUT2D eigenvalue weighted by atomic mass is 19.4. The van der Waals surface area contributed by atoms with Crippen LogP contribution in [-0.4, -0.2) is 61.9 Å². The third kappa shape index (κ3) is 7.69. The number of anilines is 2. The molecule has 0 radical (unpaired) electrons. The summed E-state index contributed by atoms with van der Waals surface area (Å²) in [7, 11) is 1.63. The number of carbonyl (C=O) groups is 1. The van der Waals surface area contributed by atoms with E-state index in [1.165, 1.54) is 35.2 Å². The van der Waals surface area contributed by atoms with Crippen LogP contribution in [0.25, 0.3) is 22.5 Å². The lowest BCUT2D eigenvalue weighted by molar-refractivity contribution is -0.138. The highest BCUT2D eigenvalue weighted by Crippen LogP contribution is 2.42. The van der Waals surface area contributed by atoms with Gasteiger partial charge in [-0.1, -0.05) is 0 Å². The number of alkyl halides is 6. The predicted molar refractivity (Wildman–Crippen MR) is 177 cm³/mol. The molecule has 51 heavy (non-hydrogen) atoms. The molecule has 0 aliphatic carbocycles. The van der Waals surface area contributed by atoms with Gasteiger partial charge in [0, 0.05) is 52.3 Å². The Labute approximate surface area is 290 Å². The zero-order valence-corrected chi connectivity index (χ0v) is 27.5. The third-order valence-electron chi connectivity index (χ3n) is 9.19. The molecule has 6 rings (SSSR count). The first-order chi connectivity index (χ1) is 24.3. The van der Waals surface area contributed by atoms with Gasteiger partial charge in [0.15, 0.2) is 5.82 Å². The van der Waals surface area contributed by atoms with Crippen molar-refractivity contribution in [1.29, 1.82) is 5.26 Å². The van der Waals surface area contributed by atoms with E-state index >= 15 is 0 Å². The minimum atomic E-state index is -4.77. The summed E-state index contributed by atoms with van der Waals surface area (Å²) >= 11 is 0. The van der Waals surface area contributed by atoms with Gasteiger partial charge in [-0.25, -0.2) is 4.98 Å². The summed E-state index contributed by atoms with van der Waals surface area (Å²) in [4.78, 5) is 21.6. The molecule has 0 saturated carbocycles. The molecular formula is C35H36F6N8O2. The van der Waals surface area contributed by atoms with Crippen molar-refractivity contribution in [3.05, 3.63) is 76.6 Å². The molecule has 16 heteroatoms. The first-order valence-electron chi connectivity index (χ1n) is 16.3. The number of rotatable bonds is 11. The average molecular weight is 715 g/mol. The average Bonchev–Trinajstić information content (AvgIpc) is 3.80. The number of aliphatic hydroxyl groups excluding tert-OH is 1. The van der Waals surface area contributed by atoms with Gasteiger partial charge in [-0.05, 0) is 96.4 Å². The maximum atomic E-state index is 14.5. The number of nitriles is 1. The quantitative estimate of drug-likeness (QED) is 0.127. The van der Waals surface area contributed by atoms with Crippen molar-refractivity contribution in [2.24, 2.45) is 13.0 Å². The van der Waals surface area contributed by atoms with Gasteiger partial charge in [0.2, 0.25) is 0 Å². The summed E-state index contributed by atoms with van der Waals surface area (Å²) in [5.41, 5.74) is -1.34. The topological polar surface area (TPSA) is 123 Å². The van der Waals surface area contributed by atoms with Gasteiger partial charge in [0.1, 0.15) is 18.0 Å². The SMILES string of the molecule is Cn1cnnc1-c1ccc(C(F)(F)F)cc1-c1cc(NCCCC#N)nc(N2Cc3c(cc(CN4CC[C@@H](CCO)C4)cc3C(F)(F)F)C2=O)c1.[HH]. The number of hydrogen-bond donors (Lipinski definition) is 2. The van der Waals surface area contributed by atoms with Gasteiger partial charge < -0.3 is 15.0 Å². The number of nitrogens with zero attached hydrogens (tertiary/aromatic N) is 7. The normalized spacial score (nSPS) is 16.5. The van der Waals surface area contributed by atoms with Gasteiger partial charge in [-0.15, -0.1) is 10.2 Å². The molecule has 4 heterocycles. The second-order valence-corrected chi connectivity index (χ2v) is 12.8. The van der Waals surface area contributed by atoms with Gasteiger partial charge in [0.05, 0.1) is 23.7 Å². The minimum Gasteiger partial charge on any atom is -0.396 e. The van der Waals surface area contributed by atoms with Crippen LogP contribution in [0.2, 0.25) is 0 Å². The molecule has 0 bridgehead atoms. The molecule has 2 aliphatic rings. The Kier molecular flexibility index (Phi) is 10.0. The monoisotopic (exact) mass is 714 g/mol. The molecule has 10 nitrogen and oxygen atoms in total. The number of pyridine rings is 1. The lowest BCUT2D eigenvalue weighted by Gasteiger charge is -2.20. The largest absolute Gasteiger partial charge is 0.416 e. The summed E-state index contributed by atoms with van der Waals surface area (Å²) in [5, 5.41) is 29.2. The molecule has 0 unspecified atom stereocenters. The number of benzene rings is 2. The van der Waals surface area contributed by atoms with E-state index in [4.69, 9.17) is 5.26 Å². The maximum absolute atomic E-state index is 14.5. The van der Waals surface area contributed by atoms with Gasteiger partial charge in [-0.3, -0.25) is 14.6 Å². The Morgan fingerprint density at radius 3 is 2.55 bits per heavy atom. The van der Waals surface area contributed by atoms with Crippen molar-refractivity contribution in [3.8, 4) is 28.6 Å². The van der Waals surface area contributed by atoms with Crippen LogP contribution < -0.4 is 10.2 Å². The Balaban J connectivity index is 0.00000523. The summed E-state index contributed by atoms with van der Waals surface area (Å²) in [6.45, 7) is 1.28. The van der Waals surface area contributed by atoms with Gasteiger partial charge in [0.25, 0.3) is 5.91 Å². The lowest BCUT2D eigenvalue weighted by Crippen LogP contribution is -2.24. The van der Waals surface area contributed by atoms with Crippen molar-refractivity contribution in [1.82, 2.24) is 24.6 Å². The predicted octanol–water partition coefficient (Wildman–Crippen LogP) is 6.91. The fourth-order valence-electron chi connectivity index (χ4n) is 6.70. The van der Waals surface area contributed by atoms with Crippen LogP contribution in [0, 0.1) is 17.2 Å². The van der Waals surface area contributed by atoms with Crippen molar-refractivity contribution in [2.75, 3.05) is 36.5 Å². The number of nitrogens with one attached hydrogen (secondary N) is 1. The number of unbranched alkanes of at least 4 members (excludes halogenated alkanes) is 1. The number of hydrogen-bond acceptors (Lipinski definition) is 8. The standard InChI is InChI=1S/C35H34F6N8O2.H2/c1-47-20-44-46-32(47)25-5-4-24(34(36,37)38)16-26(25)23-14-30(43-9-3-2-8-42)45-31(15-23)49-19-28-27(33(49)51)12-22(13-29(28)35(39,40)41)18-48-10-6-21(17-48)7-11-50;/h4-5,12-16,20-21,50H,2-3,6-7,9-11,17-19H2,1H3,(H,43,45);1H/t21-;/m0./s1. The van der Waals surface area contributed by atoms with Crippen LogP contribution in [0.5, 0.6) is 0 Å². The van der Waals surface area contributed by atoms with Gasteiger partial charge in [-0.2, -0.15) is 31.6 Å². The molecule has 2 N–H and O–H groups in total. The van der Waals surface area contributed by atoms with E-state index in [2.05, 4.69) is 20.5 Å². The van der Waals surface area contributed by atoms with E-state index in [0.717, 1.165) is 29.5 Å². The van der Waals surface area contributed by atoms with Crippen LogP contribution >= 0.6 is 0 Å². The molecular weight excluding hydrogens is 678 g/mol. The molecule has 0 spiro atoms. The van der Waals surface area contributed by atoms with Crippen LogP contribution in [0.1, 0.15) is 59.7 Å². The van der Waals surface area contributed by atoms with Crippen LogP contribution in [0.3, 0.4) is 0 Å². The molecule has 1 amide bonds. The molecule has 4 aromatic rings. The molecule has 1 saturated heterocycles. The first-order valence-corrected chi connectivity index (χ1v) is 16.3. The summed E-state index contributed by atoms with van der Waals surface area (Å²) in [5.74, 6) is -0.161. The zero-order valence-electron chi connectivity index (χ0n) is 27.5. The molecule has 2 aliphatic heterocycles. The number of aryl methyl sites for hydroxylation is 1. The van der Waals surface area contributed by atoms with Crippen LogP contribution in [0.4, 0.5) is 38.0 Å². The fraction of sp³-hybridized carbons (Fsp3) is 0.400. The first kappa shape index (κ1) is 35.8. The number of halogens is 6. The highest BCUT2D eigenvalue weighted by molar-refractivity contribution is 6.10. The van der Waals surface area contributed by atoms with Crippen molar-refractivity contribution in [2.45, 2.75) is 51.1 Å². The summed E-state index contributed by atoms with van der Waals surface area (Å²) in [6, 6.07) is 10.5. The Morgan fingerprint density at radius 1 is 1.06 bits per heavy atom. The van der Waals surface area contributed by atoms with E-state index in [9.17, 15) is 36.2 Å². The zero-order chi connectivity index (χ0) is 36.5. The van der Waals surface area contributed by atoms with E-state index in [1.54, 1.807) is 7.05 Å². The second-order valence-electron chi connectivity index (χ2n) is 12.8. The van der Waals surface area contributed by atoms with E-state index < -0.39 is 35.9 Å². The second kappa shape index (κ2) is 14.3. The highest BCUT2D eigenvalue weighted by Gasteiger charge is 2.41. The molecule has 2 aromatic carbocycles. The van der Waals surface area contributed by atoms with Crippen molar-refractivity contribution < 1.29 is 37.7 Å². The number of aliphatic hydroxyl groups is 1. The summed E-state index contributed by atoms with van der Waals surface area (Å²) < 4.78 is 87.1. The Bertz CT molecular complexity index is 1980. The number of carbonyl (C=O) groups excluding carboxylic acids is 1. The molecule has 1 atom stereocenters. The smallest absolute Gasteiger partial charge is 0.396 e. The summed E-state index contributed by atoms with van der Waals surface area (Å²) in [6.07, 6.45) is -6.05. The number of likely N-dealkylation sites (tertiary alicyclic amines) is 1. The van der Waals surface area contributed by atoms with E-state index in [0.29, 0.717) is 37.1 Å². The number of aromatic nitrogens is 4.